The topological polar surface area (TPSA) is 58.4 Å². The first-order valence-electron chi connectivity index (χ1n) is 9.06. The Morgan fingerprint density at radius 3 is 2.67 bits per heavy atom. The molecule has 2 saturated heterocycles. The van der Waals surface area contributed by atoms with E-state index in [-0.39, 0.29) is 24.4 Å². The van der Waals surface area contributed by atoms with E-state index in [2.05, 4.69) is 12.0 Å². The van der Waals surface area contributed by atoms with E-state index in [0.717, 1.165) is 50.0 Å². The summed E-state index contributed by atoms with van der Waals surface area (Å²) in [6.07, 6.45) is 5.60. The Morgan fingerprint density at radius 1 is 1.17 bits per heavy atom. The van der Waals surface area contributed by atoms with Gasteiger partial charge in [0.15, 0.2) is 0 Å². The zero-order chi connectivity index (χ0) is 17.3. The van der Waals surface area contributed by atoms with Crippen molar-refractivity contribution in [1.82, 2.24) is 19.6 Å². The molecule has 0 unspecified atom stereocenters. The maximum Gasteiger partial charge on any atom is 0.242 e. The molecule has 6 heteroatoms. The van der Waals surface area contributed by atoms with Crippen LogP contribution in [0.3, 0.4) is 0 Å². The van der Waals surface area contributed by atoms with E-state index in [4.69, 9.17) is 0 Å². The number of nitrogens with zero attached hydrogens (tertiary/aromatic N) is 4. The van der Waals surface area contributed by atoms with Gasteiger partial charge in [0.1, 0.15) is 0 Å². The van der Waals surface area contributed by atoms with E-state index < -0.39 is 0 Å². The molecule has 0 aromatic carbocycles. The van der Waals surface area contributed by atoms with E-state index in [0.29, 0.717) is 13.0 Å². The van der Waals surface area contributed by atoms with Crippen LogP contribution < -0.4 is 0 Å². The molecule has 0 aliphatic carbocycles. The highest BCUT2D eigenvalue weighted by atomic mass is 16.2. The number of amides is 2. The van der Waals surface area contributed by atoms with E-state index in [1.54, 1.807) is 4.90 Å². The Kier molecular flexibility index (Phi) is 4.92. The van der Waals surface area contributed by atoms with Gasteiger partial charge in [0.25, 0.3) is 0 Å². The van der Waals surface area contributed by atoms with Gasteiger partial charge in [0, 0.05) is 37.8 Å². The van der Waals surface area contributed by atoms with Crippen LogP contribution in [0.5, 0.6) is 0 Å². The van der Waals surface area contributed by atoms with Gasteiger partial charge < -0.3 is 9.80 Å². The summed E-state index contributed by atoms with van der Waals surface area (Å²) >= 11 is 0. The maximum atomic E-state index is 12.9. The molecule has 2 aliphatic heterocycles. The highest BCUT2D eigenvalue weighted by Gasteiger charge is 2.34. The number of hydrogen-bond donors (Lipinski definition) is 0. The number of carbonyl (C=O) groups excluding carboxylic acids is 2. The second-order valence-corrected chi connectivity index (χ2v) is 7.08. The molecule has 2 fully saturated rings. The summed E-state index contributed by atoms with van der Waals surface area (Å²) in [5.41, 5.74) is 3.32. The summed E-state index contributed by atoms with van der Waals surface area (Å²) < 4.78 is 1.89. The molecule has 24 heavy (non-hydrogen) atoms. The monoisotopic (exact) mass is 332 g/mol. The van der Waals surface area contributed by atoms with Crippen LogP contribution in [0.2, 0.25) is 0 Å². The predicted octanol–water partition coefficient (Wildman–Crippen LogP) is 2.10. The van der Waals surface area contributed by atoms with Crippen LogP contribution in [0.1, 0.15) is 61.5 Å². The number of likely N-dealkylation sites (tertiary alicyclic amines) is 2. The SMILES string of the molecule is Cc1nn(C)c(C)c1[C@H]1CCCN1C(=O)CN1CCCCCC1=O. The minimum atomic E-state index is 0.0791. The van der Waals surface area contributed by atoms with Crippen molar-refractivity contribution in [1.29, 1.82) is 0 Å². The molecule has 0 radical (unpaired) electrons. The van der Waals surface area contributed by atoms with E-state index in [1.807, 2.05) is 23.6 Å². The summed E-state index contributed by atoms with van der Waals surface area (Å²) in [5.74, 6) is 0.209. The third-order valence-corrected chi connectivity index (χ3v) is 5.47. The second kappa shape index (κ2) is 6.95. The molecule has 132 valence electrons. The van der Waals surface area contributed by atoms with Gasteiger partial charge in [0.2, 0.25) is 11.8 Å². The van der Waals surface area contributed by atoms with E-state index in [9.17, 15) is 9.59 Å². The number of carbonyl (C=O) groups is 2. The lowest BCUT2D eigenvalue weighted by Gasteiger charge is -2.28. The van der Waals surface area contributed by atoms with Crippen LogP contribution in [0.4, 0.5) is 0 Å². The zero-order valence-corrected chi connectivity index (χ0v) is 15.0. The Bertz CT molecular complexity index is 637. The summed E-state index contributed by atoms with van der Waals surface area (Å²) in [6.45, 7) is 5.80. The summed E-state index contributed by atoms with van der Waals surface area (Å²) in [6, 6.07) is 0.105. The molecule has 0 spiro atoms. The largest absolute Gasteiger partial charge is 0.334 e. The van der Waals surface area contributed by atoms with E-state index in [1.165, 1.54) is 5.56 Å². The normalized spacial score (nSPS) is 22.1. The molecular weight excluding hydrogens is 304 g/mol. The first-order valence-corrected chi connectivity index (χ1v) is 9.06. The lowest BCUT2D eigenvalue weighted by Crippen LogP contribution is -2.42. The number of aromatic nitrogens is 2. The molecule has 2 aliphatic rings. The fourth-order valence-corrected chi connectivity index (χ4v) is 4.10. The van der Waals surface area contributed by atoms with Crippen molar-refractivity contribution < 1.29 is 9.59 Å². The molecule has 0 N–H and O–H groups in total. The Morgan fingerprint density at radius 2 is 1.96 bits per heavy atom. The Labute approximate surface area is 143 Å². The third-order valence-electron chi connectivity index (χ3n) is 5.47. The van der Waals surface area contributed by atoms with E-state index >= 15 is 0 Å². The Hall–Kier alpha value is -1.85. The minimum absolute atomic E-state index is 0.0791. The highest BCUT2D eigenvalue weighted by Crippen LogP contribution is 2.35. The summed E-state index contributed by atoms with van der Waals surface area (Å²) in [4.78, 5) is 28.8. The maximum absolute atomic E-state index is 12.9. The van der Waals surface area contributed by atoms with Crippen LogP contribution in [0.25, 0.3) is 0 Å². The van der Waals surface area contributed by atoms with Crippen molar-refractivity contribution in [2.75, 3.05) is 19.6 Å². The third kappa shape index (κ3) is 3.19. The molecule has 1 aromatic rings. The van der Waals surface area contributed by atoms with Crippen molar-refractivity contribution in [2.45, 2.75) is 58.4 Å². The first kappa shape index (κ1) is 17.0. The van der Waals surface area contributed by atoms with Gasteiger partial charge in [-0.05, 0) is 39.5 Å². The summed E-state index contributed by atoms with van der Waals surface area (Å²) in [5, 5.41) is 4.50. The van der Waals surface area contributed by atoms with Crippen LogP contribution in [-0.4, -0.2) is 51.0 Å². The number of aryl methyl sites for hydroxylation is 2. The van der Waals surface area contributed by atoms with Crippen LogP contribution in [0, 0.1) is 13.8 Å². The first-order chi connectivity index (χ1) is 11.5. The van der Waals surface area contributed by atoms with Gasteiger partial charge >= 0.3 is 0 Å². The molecule has 6 nitrogen and oxygen atoms in total. The minimum Gasteiger partial charge on any atom is -0.334 e. The van der Waals surface area contributed by atoms with Crippen LogP contribution in [0.15, 0.2) is 0 Å². The molecule has 0 bridgehead atoms. The standard InChI is InChI=1S/C18H28N4O2/c1-13-18(14(2)20(3)19-13)15-8-7-11-22(15)17(24)12-21-10-6-4-5-9-16(21)23/h15H,4-12H2,1-3H3/t15-/m1/s1. The number of hydrogen-bond acceptors (Lipinski definition) is 3. The molecule has 0 saturated carbocycles. The molecule has 1 atom stereocenters. The molecular formula is C18H28N4O2. The molecule has 1 aromatic heterocycles. The van der Waals surface area contributed by atoms with Crippen molar-refractivity contribution >= 4 is 11.8 Å². The smallest absolute Gasteiger partial charge is 0.242 e. The van der Waals surface area contributed by atoms with Gasteiger partial charge in [-0.25, -0.2) is 0 Å². The predicted molar refractivity (Wildman–Crippen MR) is 91.4 cm³/mol. The Balaban J connectivity index is 1.75. The van der Waals surface area contributed by atoms with Crippen LogP contribution >= 0.6 is 0 Å². The number of rotatable bonds is 3. The lowest BCUT2D eigenvalue weighted by atomic mass is 10.0. The quantitative estimate of drug-likeness (QED) is 0.852. The average molecular weight is 332 g/mol. The molecule has 3 heterocycles. The van der Waals surface area contributed by atoms with Crippen molar-refractivity contribution in [3.05, 3.63) is 17.0 Å². The van der Waals surface area contributed by atoms with Gasteiger partial charge in [-0.2, -0.15) is 5.10 Å². The molecule has 2 amide bonds. The zero-order valence-electron chi connectivity index (χ0n) is 15.0. The van der Waals surface area contributed by atoms with Gasteiger partial charge in [-0.15, -0.1) is 0 Å². The van der Waals surface area contributed by atoms with Gasteiger partial charge in [-0.1, -0.05) is 6.42 Å². The van der Waals surface area contributed by atoms with Crippen molar-refractivity contribution in [2.24, 2.45) is 7.05 Å². The van der Waals surface area contributed by atoms with Crippen molar-refractivity contribution in [3.8, 4) is 0 Å². The highest BCUT2D eigenvalue weighted by molar-refractivity contribution is 5.85. The second-order valence-electron chi connectivity index (χ2n) is 7.08. The summed E-state index contributed by atoms with van der Waals surface area (Å²) in [7, 11) is 1.95. The van der Waals surface area contributed by atoms with Crippen LogP contribution in [-0.2, 0) is 16.6 Å². The van der Waals surface area contributed by atoms with Gasteiger partial charge in [-0.3, -0.25) is 14.3 Å². The fraction of sp³-hybridized carbons (Fsp3) is 0.722. The van der Waals surface area contributed by atoms with Crippen molar-refractivity contribution in [3.63, 3.8) is 0 Å². The lowest BCUT2D eigenvalue weighted by molar-refractivity contribution is -0.140. The van der Waals surface area contributed by atoms with Gasteiger partial charge in [0.05, 0.1) is 18.3 Å². The molecule has 3 rings (SSSR count). The average Bonchev–Trinajstić information content (AvgIpc) is 3.03. The fourth-order valence-electron chi connectivity index (χ4n) is 4.10.